The van der Waals surface area contributed by atoms with E-state index in [1.165, 1.54) is 68.8 Å². The second-order valence-electron chi connectivity index (χ2n) is 5.91. The lowest BCUT2D eigenvalue weighted by atomic mass is 10.1. The Hall–Kier alpha value is -1.55. The van der Waals surface area contributed by atoms with Gasteiger partial charge in [-0.2, -0.15) is 0 Å². The molecule has 1 aromatic carbocycles. The van der Waals surface area contributed by atoms with E-state index in [4.69, 9.17) is 0 Å². The Balaban J connectivity index is 1.75. The van der Waals surface area contributed by atoms with Crippen molar-refractivity contribution in [3.8, 4) is 11.3 Å². The molecule has 3 nitrogen and oxygen atoms in total. The van der Waals surface area contributed by atoms with Gasteiger partial charge in [0.1, 0.15) is 0 Å². The van der Waals surface area contributed by atoms with Gasteiger partial charge < -0.3 is 9.80 Å². The summed E-state index contributed by atoms with van der Waals surface area (Å²) in [5.74, 6) is 0. The van der Waals surface area contributed by atoms with E-state index in [-0.39, 0.29) is 0 Å². The van der Waals surface area contributed by atoms with Crippen LogP contribution in [-0.2, 0) is 0 Å². The largest absolute Gasteiger partial charge is 0.371 e. The third-order valence-corrected chi connectivity index (χ3v) is 5.10. The van der Waals surface area contributed by atoms with Crippen LogP contribution in [0.2, 0.25) is 0 Å². The SMILES string of the molecule is [c]1nc(-c2ccc(N3CCCC3)cc2N2CCCC2)cs1. The van der Waals surface area contributed by atoms with E-state index in [1.54, 1.807) is 11.3 Å². The zero-order valence-electron chi connectivity index (χ0n) is 12.2. The molecule has 2 aliphatic rings. The Labute approximate surface area is 130 Å². The fraction of sp³-hybridized carbons (Fsp3) is 0.471. The maximum absolute atomic E-state index is 4.40. The van der Waals surface area contributed by atoms with E-state index in [0.29, 0.717) is 0 Å². The average Bonchev–Trinajstić information content (AvgIpc) is 3.28. The summed E-state index contributed by atoms with van der Waals surface area (Å²) in [5, 5.41) is 2.10. The molecule has 2 aromatic rings. The Morgan fingerprint density at radius 1 is 0.952 bits per heavy atom. The summed E-state index contributed by atoms with van der Waals surface area (Å²) in [4.78, 5) is 9.43. The number of thiazole rings is 1. The molecule has 0 bridgehead atoms. The van der Waals surface area contributed by atoms with Crippen LogP contribution in [-0.4, -0.2) is 31.2 Å². The van der Waals surface area contributed by atoms with Gasteiger partial charge in [-0.1, -0.05) is 0 Å². The first-order valence-electron chi connectivity index (χ1n) is 7.88. The van der Waals surface area contributed by atoms with E-state index in [2.05, 4.69) is 43.9 Å². The van der Waals surface area contributed by atoms with Crippen molar-refractivity contribution in [2.24, 2.45) is 0 Å². The van der Waals surface area contributed by atoms with E-state index >= 15 is 0 Å². The maximum Gasteiger partial charge on any atom is 0.152 e. The monoisotopic (exact) mass is 298 g/mol. The van der Waals surface area contributed by atoms with Crippen LogP contribution in [0.15, 0.2) is 23.6 Å². The number of rotatable bonds is 3. The zero-order chi connectivity index (χ0) is 14.1. The van der Waals surface area contributed by atoms with Gasteiger partial charge in [0.15, 0.2) is 5.51 Å². The lowest BCUT2D eigenvalue weighted by Gasteiger charge is -2.25. The minimum absolute atomic E-state index is 1.06. The van der Waals surface area contributed by atoms with Crippen molar-refractivity contribution in [2.45, 2.75) is 25.7 Å². The van der Waals surface area contributed by atoms with Crippen LogP contribution < -0.4 is 9.80 Å². The van der Waals surface area contributed by atoms with E-state index in [1.807, 2.05) is 0 Å². The smallest absolute Gasteiger partial charge is 0.152 e. The lowest BCUT2D eigenvalue weighted by molar-refractivity contribution is 0.949. The van der Waals surface area contributed by atoms with Crippen molar-refractivity contribution in [3.63, 3.8) is 0 Å². The Morgan fingerprint density at radius 2 is 1.67 bits per heavy atom. The van der Waals surface area contributed by atoms with Crippen molar-refractivity contribution in [2.75, 3.05) is 36.0 Å². The molecule has 2 aliphatic heterocycles. The molecule has 0 spiro atoms. The van der Waals surface area contributed by atoms with Gasteiger partial charge in [0.25, 0.3) is 0 Å². The normalized spacial score (nSPS) is 18.7. The average molecular weight is 298 g/mol. The van der Waals surface area contributed by atoms with Crippen LogP contribution in [0.3, 0.4) is 0 Å². The predicted molar refractivity (Wildman–Crippen MR) is 89.3 cm³/mol. The van der Waals surface area contributed by atoms with Crippen molar-refractivity contribution in [1.29, 1.82) is 0 Å². The summed E-state index contributed by atoms with van der Waals surface area (Å²) in [6.45, 7) is 4.74. The number of nitrogens with zero attached hydrogens (tertiary/aromatic N) is 3. The fourth-order valence-electron chi connectivity index (χ4n) is 3.44. The molecule has 2 fully saturated rings. The molecule has 4 rings (SSSR count). The summed E-state index contributed by atoms with van der Waals surface area (Å²) in [7, 11) is 0. The molecular weight excluding hydrogens is 278 g/mol. The number of hydrogen-bond donors (Lipinski definition) is 0. The van der Waals surface area contributed by atoms with Gasteiger partial charge in [-0.3, -0.25) is 0 Å². The molecule has 1 radical (unpaired) electrons. The third kappa shape index (κ3) is 2.53. The first-order valence-corrected chi connectivity index (χ1v) is 8.76. The molecule has 109 valence electrons. The van der Waals surface area contributed by atoms with Crippen LogP contribution in [0.5, 0.6) is 0 Å². The molecule has 3 heterocycles. The molecule has 4 heteroatoms. The number of aromatic nitrogens is 1. The van der Waals surface area contributed by atoms with Crippen molar-refractivity contribution in [3.05, 3.63) is 29.1 Å². The third-order valence-electron chi connectivity index (χ3n) is 4.56. The molecule has 0 aliphatic carbocycles. The second kappa shape index (κ2) is 5.68. The highest BCUT2D eigenvalue weighted by Crippen LogP contribution is 2.36. The van der Waals surface area contributed by atoms with Crippen LogP contribution in [0.25, 0.3) is 11.3 Å². The maximum atomic E-state index is 4.40. The Bertz CT molecular complexity index is 597. The molecule has 0 N–H and O–H groups in total. The highest BCUT2D eigenvalue weighted by Gasteiger charge is 2.20. The van der Waals surface area contributed by atoms with Crippen molar-refractivity contribution >= 4 is 22.7 Å². The van der Waals surface area contributed by atoms with Crippen molar-refractivity contribution in [1.82, 2.24) is 4.98 Å². The Morgan fingerprint density at radius 3 is 2.33 bits per heavy atom. The highest BCUT2D eigenvalue weighted by molar-refractivity contribution is 7.07. The van der Waals surface area contributed by atoms with Gasteiger partial charge in [0.05, 0.1) is 5.69 Å². The quantitative estimate of drug-likeness (QED) is 0.859. The number of benzene rings is 1. The van der Waals surface area contributed by atoms with Gasteiger partial charge >= 0.3 is 0 Å². The van der Waals surface area contributed by atoms with Gasteiger partial charge in [-0.25, -0.2) is 4.98 Å². The van der Waals surface area contributed by atoms with Gasteiger partial charge in [0, 0.05) is 48.5 Å². The Kier molecular flexibility index (Phi) is 3.55. The zero-order valence-corrected chi connectivity index (χ0v) is 13.0. The van der Waals surface area contributed by atoms with Crippen LogP contribution in [0.4, 0.5) is 11.4 Å². The molecule has 21 heavy (non-hydrogen) atoms. The fourth-order valence-corrected chi connectivity index (χ4v) is 3.93. The van der Waals surface area contributed by atoms with E-state index < -0.39 is 0 Å². The molecule has 0 unspecified atom stereocenters. The minimum atomic E-state index is 1.06. The topological polar surface area (TPSA) is 19.4 Å². The van der Waals surface area contributed by atoms with Gasteiger partial charge in [0.2, 0.25) is 0 Å². The minimum Gasteiger partial charge on any atom is -0.371 e. The molecule has 0 saturated carbocycles. The first-order chi connectivity index (χ1) is 10.4. The standard InChI is InChI=1S/C17H20N3S/c1-2-8-19(7-1)14-5-6-15(16-12-21-13-18-16)17(11-14)20-9-3-4-10-20/h5-6,11-12H,1-4,7-10H2. The summed E-state index contributed by atoms with van der Waals surface area (Å²) >= 11 is 1.55. The van der Waals surface area contributed by atoms with Crippen molar-refractivity contribution < 1.29 is 0 Å². The lowest BCUT2D eigenvalue weighted by Crippen LogP contribution is -2.21. The number of anilines is 2. The first kappa shape index (κ1) is 13.1. The molecule has 0 amide bonds. The highest BCUT2D eigenvalue weighted by atomic mass is 32.1. The van der Waals surface area contributed by atoms with E-state index in [0.717, 1.165) is 5.69 Å². The summed E-state index contributed by atoms with van der Waals surface area (Å²) in [6.07, 6.45) is 5.25. The molecule has 2 saturated heterocycles. The van der Waals surface area contributed by atoms with Crippen LogP contribution >= 0.6 is 11.3 Å². The summed E-state index contributed by atoms with van der Waals surface area (Å²) in [5.41, 5.74) is 8.03. The van der Waals surface area contributed by atoms with Crippen LogP contribution in [0, 0.1) is 5.51 Å². The van der Waals surface area contributed by atoms with Gasteiger partial charge in [-0.15, -0.1) is 11.3 Å². The summed E-state index contributed by atoms with van der Waals surface area (Å²) < 4.78 is 0. The molecular formula is C17H20N3S. The number of hydrogen-bond acceptors (Lipinski definition) is 4. The molecule has 1 aromatic heterocycles. The molecule has 0 atom stereocenters. The van der Waals surface area contributed by atoms with Gasteiger partial charge in [-0.05, 0) is 43.9 Å². The van der Waals surface area contributed by atoms with Crippen LogP contribution in [0.1, 0.15) is 25.7 Å². The second-order valence-corrected chi connectivity index (χ2v) is 6.57. The predicted octanol–water partition coefficient (Wildman–Crippen LogP) is 3.81. The van der Waals surface area contributed by atoms with E-state index in [9.17, 15) is 0 Å². The summed E-state index contributed by atoms with van der Waals surface area (Å²) in [6, 6.07) is 6.90.